The highest BCUT2D eigenvalue weighted by Crippen LogP contribution is 2.40. The van der Waals surface area contributed by atoms with Crippen molar-refractivity contribution in [2.75, 3.05) is 0 Å². The number of benzene rings is 2. The number of halogens is 3. The summed E-state index contributed by atoms with van der Waals surface area (Å²) in [6, 6.07) is 11.7. The Morgan fingerprint density at radius 2 is 1.56 bits per heavy atom. The van der Waals surface area contributed by atoms with Gasteiger partial charge in [0.05, 0.1) is 5.56 Å². The van der Waals surface area contributed by atoms with Crippen LogP contribution in [0.5, 0.6) is 0 Å². The molecule has 130 valence electrons. The van der Waals surface area contributed by atoms with Gasteiger partial charge in [-0.3, -0.25) is 0 Å². The molecule has 1 fully saturated rings. The van der Waals surface area contributed by atoms with Crippen molar-refractivity contribution in [1.82, 2.24) is 0 Å². The fraction of sp³-hybridized carbons (Fsp3) is 0.364. The lowest BCUT2D eigenvalue weighted by molar-refractivity contribution is -0.137. The molecular weight excluding hydrogens is 321 g/mol. The van der Waals surface area contributed by atoms with Crippen molar-refractivity contribution in [3.05, 3.63) is 64.7 Å². The number of rotatable bonds is 2. The van der Waals surface area contributed by atoms with E-state index in [1.54, 1.807) is 12.1 Å². The van der Waals surface area contributed by atoms with E-state index in [0.29, 0.717) is 5.92 Å². The predicted molar refractivity (Wildman–Crippen MR) is 95.1 cm³/mol. The molecule has 1 saturated carbocycles. The van der Waals surface area contributed by atoms with Gasteiger partial charge in [0, 0.05) is 0 Å². The van der Waals surface area contributed by atoms with Gasteiger partial charge in [-0.05, 0) is 59.6 Å². The van der Waals surface area contributed by atoms with Gasteiger partial charge in [0.1, 0.15) is 0 Å². The Morgan fingerprint density at radius 3 is 2.24 bits per heavy atom. The maximum atomic E-state index is 12.8. The molecule has 0 radical (unpaired) electrons. The zero-order valence-electron chi connectivity index (χ0n) is 14.1. The first kappa shape index (κ1) is 16.4. The van der Waals surface area contributed by atoms with Gasteiger partial charge in [-0.15, -0.1) is 0 Å². The Hall–Kier alpha value is -2.03. The van der Waals surface area contributed by atoms with E-state index in [1.807, 2.05) is 12.1 Å². The first-order valence-corrected chi connectivity index (χ1v) is 9.02. The summed E-state index contributed by atoms with van der Waals surface area (Å²) in [7, 11) is 0. The van der Waals surface area contributed by atoms with Gasteiger partial charge in [-0.25, -0.2) is 0 Å². The van der Waals surface area contributed by atoms with Crippen molar-refractivity contribution < 1.29 is 13.2 Å². The molecule has 0 aliphatic heterocycles. The predicted octanol–water partition coefficient (Wildman–Crippen LogP) is 6.89. The summed E-state index contributed by atoms with van der Waals surface area (Å²) in [6.07, 6.45) is 5.52. The number of hydrogen-bond donors (Lipinski definition) is 0. The summed E-state index contributed by atoms with van der Waals surface area (Å²) in [6.45, 7) is 0. The third-order valence-electron chi connectivity index (χ3n) is 5.57. The van der Waals surface area contributed by atoms with E-state index < -0.39 is 11.7 Å². The third kappa shape index (κ3) is 3.24. The minimum absolute atomic E-state index is 0.595. The monoisotopic (exact) mass is 342 g/mol. The molecule has 0 amide bonds. The topological polar surface area (TPSA) is 0 Å². The summed E-state index contributed by atoms with van der Waals surface area (Å²) in [4.78, 5) is 0. The molecular formula is C22H21F3. The fourth-order valence-electron chi connectivity index (χ4n) is 4.22. The van der Waals surface area contributed by atoms with Crippen LogP contribution in [0.3, 0.4) is 0 Å². The molecule has 0 aromatic heterocycles. The van der Waals surface area contributed by atoms with Crippen molar-refractivity contribution in [2.24, 2.45) is 5.92 Å². The molecule has 2 aromatic carbocycles. The molecule has 0 nitrogen and oxygen atoms in total. The summed E-state index contributed by atoms with van der Waals surface area (Å²) in [5, 5.41) is 0. The van der Waals surface area contributed by atoms with Crippen molar-refractivity contribution in [3.63, 3.8) is 0 Å². The van der Waals surface area contributed by atoms with Gasteiger partial charge < -0.3 is 0 Å². The minimum atomic E-state index is -4.29. The summed E-state index contributed by atoms with van der Waals surface area (Å²) in [5.41, 5.74) is 5.31. The number of alkyl halides is 3. The highest BCUT2D eigenvalue weighted by Gasteiger charge is 2.30. The molecule has 0 bridgehead atoms. The largest absolute Gasteiger partial charge is 0.416 e. The molecule has 0 N–H and O–H groups in total. The van der Waals surface area contributed by atoms with Gasteiger partial charge in [0.15, 0.2) is 0 Å². The van der Waals surface area contributed by atoms with Crippen LogP contribution in [-0.4, -0.2) is 0 Å². The minimum Gasteiger partial charge on any atom is -0.166 e. The lowest BCUT2D eigenvalue weighted by Crippen LogP contribution is -2.08. The Labute approximate surface area is 146 Å². The number of hydrogen-bond acceptors (Lipinski definition) is 0. The van der Waals surface area contributed by atoms with Gasteiger partial charge in [-0.1, -0.05) is 61.2 Å². The van der Waals surface area contributed by atoms with E-state index >= 15 is 0 Å². The lowest BCUT2D eigenvalue weighted by Gasteiger charge is -2.22. The van der Waals surface area contributed by atoms with Gasteiger partial charge in [0.2, 0.25) is 0 Å². The van der Waals surface area contributed by atoms with E-state index in [0.717, 1.165) is 17.5 Å². The van der Waals surface area contributed by atoms with Crippen LogP contribution in [0.4, 0.5) is 13.2 Å². The van der Waals surface area contributed by atoms with Crippen LogP contribution in [-0.2, 0) is 12.6 Å². The van der Waals surface area contributed by atoms with E-state index in [1.165, 1.54) is 60.9 Å². The molecule has 0 heterocycles. The van der Waals surface area contributed by atoms with Crippen molar-refractivity contribution in [3.8, 4) is 11.1 Å². The van der Waals surface area contributed by atoms with Crippen molar-refractivity contribution in [2.45, 2.75) is 44.7 Å². The summed E-state index contributed by atoms with van der Waals surface area (Å²) < 4.78 is 38.4. The number of allylic oxidation sites excluding steroid dienone is 1. The van der Waals surface area contributed by atoms with E-state index in [2.05, 4.69) is 12.1 Å². The zero-order chi connectivity index (χ0) is 17.4. The second kappa shape index (κ2) is 6.36. The second-order valence-corrected chi connectivity index (χ2v) is 7.18. The quantitative estimate of drug-likeness (QED) is 0.557. The molecule has 2 aromatic rings. The highest BCUT2D eigenvalue weighted by atomic mass is 19.4. The van der Waals surface area contributed by atoms with Gasteiger partial charge >= 0.3 is 6.18 Å². The van der Waals surface area contributed by atoms with Crippen LogP contribution < -0.4 is 0 Å². The second-order valence-electron chi connectivity index (χ2n) is 7.18. The van der Waals surface area contributed by atoms with E-state index in [-0.39, 0.29) is 0 Å². The smallest absolute Gasteiger partial charge is 0.166 e. The maximum absolute atomic E-state index is 12.8. The fourth-order valence-corrected chi connectivity index (χ4v) is 4.22. The normalized spacial score (nSPS) is 18.1. The van der Waals surface area contributed by atoms with Crippen molar-refractivity contribution in [1.29, 1.82) is 0 Å². The molecule has 0 unspecified atom stereocenters. The molecule has 3 heteroatoms. The molecule has 2 aliphatic rings. The van der Waals surface area contributed by atoms with Crippen LogP contribution in [0.15, 0.2) is 48.0 Å². The highest BCUT2D eigenvalue weighted by molar-refractivity contribution is 5.81. The van der Waals surface area contributed by atoms with E-state index in [9.17, 15) is 13.2 Å². The Bertz CT molecular complexity index is 791. The summed E-state index contributed by atoms with van der Waals surface area (Å²) in [5.74, 6) is 0.682. The Morgan fingerprint density at radius 1 is 0.840 bits per heavy atom. The molecule has 0 spiro atoms. The first-order chi connectivity index (χ1) is 12.0. The third-order valence-corrected chi connectivity index (χ3v) is 5.57. The summed E-state index contributed by atoms with van der Waals surface area (Å²) >= 11 is 0. The average Bonchev–Trinajstić information content (AvgIpc) is 3.06. The van der Waals surface area contributed by atoms with Crippen LogP contribution in [0.1, 0.15) is 48.8 Å². The maximum Gasteiger partial charge on any atom is 0.416 e. The van der Waals surface area contributed by atoms with Crippen LogP contribution in [0.25, 0.3) is 17.2 Å². The zero-order valence-corrected chi connectivity index (χ0v) is 14.1. The van der Waals surface area contributed by atoms with Crippen LogP contribution >= 0.6 is 0 Å². The van der Waals surface area contributed by atoms with Crippen molar-refractivity contribution >= 4 is 6.08 Å². The molecule has 25 heavy (non-hydrogen) atoms. The molecule has 0 saturated heterocycles. The van der Waals surface area contributed by atoms with Gasteiger partial charge in [0.25, 0.3) is 0 Å². The first-order valence-electron chi connectivity index (χ1n) is 9.02. The Balaban J connectivity index is 1.67. The van der Waals surface area contributed by atoms with E-state index in [4.69, 9.17) is 0 Å². The van der Waals surface area contributed by atoms with Crippen LogP contribution in [0.2, 0.25) is 0 Å². The average molecular weight is 342 g/mol. The Kier molecular flexibility index (Phi) is 4.18. The van der Waals surface area contributed by atoms with Gasteiger partial charge in [-0.2, -0.15) is 13.2 Å². The lowest BCUT2D eigenvalue weighted by atomic mass is 9.83. The SMILES string of the molecule is FC(F)(F)c1ccc(-c2cccc3c2C=C(C2CCCCC2)C3)cc1. The molecule has 2 aliphatic carbocycles. The number of fused-ring (bicyclic) bond motifs is 1. The molecule has 4 rings (SSSR count). The molecule has 0 atom stereocenters. The standard InChI is InChI=1S/C22H21F3/c23-22(24,25)19-11-9-16(10-12-19)20-8-4-7-17-13-18(14-21(17)20)15-5-2-1-3-6-15/h4,7-12,14-15H,1-3,5-6,13H2. The van der Waals surface area contributed by atoms with Crippen LogP contribution in [0, 0.1) is 5.92 Å².